The van der Waals surface area contributed by atoms with E-state index in [-0.39, 0.29) is 0 Å². The van der Waals surface area contributed by atoms with E-state index < -0.39 is 6.10 Å². The van der Waals surface area contributed by atoms with Crippen molar-refractivity contribution in [1.29, 1.82) is 0 Å². The van der Waals surface area contributed by atoms with Crippen molar-refractivity contribution >= 4 is 11.3 Å². The first-order valence-electron chi connectivity index (χ1n) is 2.80. The van der Waals surface area contributed by atoms with Crippen molar-refractivity contribution in [2.24, 2.45) is 0 Å². The zero-order chi connectivity index (χ0) is 6.85. The van der Waals surface area contributed by atoms with Gasteiger partial charge >= 0.3 is 0 Å². The van der Waals surface area contributed by atoms with Gasteiger partial charge in [-0.2, -0.15) is 0 Å². The zero-order valence-corrected chi connectivity index (χ0v) is 6.27. The van der Waals surface area contributed by atoms with Gasteiger partial charge in [-0.1, -0.05) is 0 Å². The fourth-order valence-electron chi connectivity index (χ4n) is 0.572. The van der Waals surface area contributed by atoms with Crippen molar-refractivity contribution in [2.75, 3.05) is 0 Å². The van der Waals surface area contributed by atoms with E-state index in [2.05, 4.69) is 4.98 Å². The summed E-state index contributed by atoms with van der Waals surface area (Å²) >= 11 is 1.56. The van der Waals surface area contributed by atoms with Gasteiger partial charge in [0, 0.05) is 5.38 Å². The lowest BCUT2D eigenvalue weighted by atomic mass is 10.3. The summed E-state index contributed by atoms with van der Waals surface area (Å²) in [6.07, 6.45) is -0.421. The first-order valence-corrected chi connectivity index (χ1v) is 3.68. The van der Waals surface area contributed by atoms with E-state index in [9.17, 15) is 0 Å². The van der Waals surface area contributed by atoms with E-state index in [1.807, 2.05) is 12.3 Å². The molecule has 0 saturated carbocycles. The summed E-state index contributed by atoms with van der Waals surface area (Å²) in [4.78, 5) is 4.08. The third-order valence-electron chi connectivity index (χ3n) is 1.06. The number of aliphatic hydroxyl groups excluding tert-OH is 1. The number of thiazole rings is 1. The minimum Gasteiger partial charge on any atom is -0.387 e. The predicted molar refractivity (Wildman–Crippen MR) is 37.5 cm³/mol. The van der Waals surface area contributed by atoms with Crippen LogP contribution in [0.5, 0.6) is 0 Å². The third kappa shape index (κ3) is 1.50. The van der Waals surface area contributed by atoms with Crippen LogP contribution in [-0.2, 0) is 0 Å². The lowest BCUT2D eigenvalue weighted by molar-refractivity contribution is 0.195. The molecular weight excluding hydrogens is 134 g/mol. The molecule has 1 atom stereocenters. The summed E-state index contributed by atoms with van der Waals surface area (Å²) in [5.74, 6) is 0. The van der Waals surface area contributed by atoms with Gasteiger partial charge in [-0.15, -0.1) is 11.3 Å². The fraction of sp³-hybridized carbons (Fsp3) is 0.500. The number of aryl methyl sites for hydroxylation is 1. The zero-order valence-electron chi connectivity index (χ0n) is 5.46. The maximum Gasteiger partial charge on any atom is 0.0940 e. The lowest BCUT2D eigenvalue weighted by Crippen LogP contribution is -1.89. The van der Waals surface area contributed by atoms with Crippen LogP contribution in [0.15, 0.2) is 5.38 Å². The van der Waals surface area contributed by atoms with E-state index in [1.54, 1.807) is 18.3 Å². The first-order chi connectivity index (χ1) is 4.20. The normalized spacial score (nSPS) is 13.7. The van der Waals surface area contributed by atoms with Crippen LogP contribution < -0.4 is 0 Å². The van der Waals surface area contributed by atoms with Gasteiger partial charge in [0.25, 0.3) is 0 Å². The van der Waals surface area contributed by atoms with Crippen molar-refractivity contribution < 1.29 is 5.11 Å². The molecule has 3 heteroatoms. The molecule has 1 rings (SSSR count). The van der Waals surface area contributed by atoms with Crippen molar-refractivity contribution in [1.82, 2.24) is 4.98 Å². The summed E-state index contributed by atoms with van der Waals surface area (Å²) < 4.78 is 0. The minimum absolute atomic E-state index is 0.421. The van der Waals surface area contributed by atoms with Crippen LogP contribution in [0.3, 0.4) is 0 Å². The number of hydrogen-bond donors (Lipinski definition) is 1. The lowest BCUT2D eigenvalue weighted by Gasteiger charge is -1.94. The fourth-order valence-corrected chi connectivity index (χ4v) is 1.27. The average molecular weight is 143 g/mol. The quantitative estimate of drug-likeness (QED) is 0.646. The molecule has 0 fully saturated rings. The molecule has 0 bridgehead atoms. The third-order valence-corrected chi connectivity index (χ3v) is 1.86. The van der Waals surface area contributed by atoms with Crippen molar-refractivity contribution in [3.05, 3.63) is 16.1 Å². The molecule has 0 aromatic carbocycles. The maximum atomic E-state index is 8.98. The van der Waals surface area contributed by atoms with Gasteiger partial charge in [-0.05, 0) is 13.8 Å². The molecule has 1 aromatic heterocycles. The summed E-state index contributed by atoms with van der Waals surface area (Å²) in [6, 6.07) is 0. The van der Waals surface area contributed by atoms with E-state index in [0.717, 1.165) is 10.7 Å². The average Bonchev–Trinajstić information content (AvgIpc) is 2.14. The highest BCUT2D eigenvalue weighted by Crippen LogP contribution is 2.14. The summed E-state index contributed by atoms with van der Waals surface area (Å²) in [7, 11) is 0. The molecule has 9 heavy (non-hydrogen) atoms. The molecule has 1 N–H and O–H groups in total. The largest absolute Gasteiger partial charge is 0.387 e. The Balaban J connectivity index is 2.85. The molecule has 0 spiro atoms. The molecule has 0 amide bonds. The standard InChI is InChI=1S/C6H9NOS/c1-4(8)6-3-9-5(2)7-6/h3-4,8H,1-2H3/t4-/m1/s1. The Morgan fingerprint density at radius 2 is 2.44 bits per heavy atom. The van der Waals surface area contributed by atoms with Crippen LogP contribution in [0.2, 0.25) is 0 Å². The van der Waals surface area contributed by atoms with E-state index in [4.69, 9.17) is 5.11 Å². The Hall–Kier alpha value is -0.410. The monoisotopic (exact) mass is 143 g/mol. The maximum absolute atomic E-state index is 8.98. The molecule has 0 aliphatic rings. The van der Waals surface area contributed by atoms with Gasteiger partial charge in [0.05, 0.1) is 16.8 Å². The van der Waals surface area contributed by atoms with Gasteiger partial charge in [-0.3, -0.25) is 0 Å². The summed E-state index contributed by atoms with van der Waals surface area (Å²) in [5.41, 5.74) is 0.775. The van der Waals surface area contributed by atoms with Crippen LogP contribution >= 0.6 is 11.3 Å². The highest BCUT2D eigenvalue weighted by Gasteiger charge is 2.02. The van der Waals surface area contributed by atoms with E-state index in [0.29, 0.717) is 0 Å². The molecule has 0 aliphatic carbocycles. The first kappa shape index (κ1) is 6.71. The van der Waals surface area contributed by atoms with Gasteiger partial charge in [-0.25, -0.2) is 4.98 Å². The topological polar surface area (TPSA) is 33.1 Å². The second-order valence-electron chi connectivity index (χ2n) is 1.97. The highest BCUT2D eigenvalue weighted by atomic mass is 32.1. The van der Waals surface area contributed by atoms with Gasteiger partial charge in [0.2, 0.25) is 0 Å². The van der Waals surface area contributed by atoms with E-state index in [1.165, 1.54) is 0 Å². The Labute approximate surface area is 58.2 Å². The number of nitrogens with zero attached hydrogens (tertiary/aromatic N) is 1. The SMILES string of the molecule is Cc1nc([C@@H](C)O)cs1. The van der Waals surface area contributed by atoms with Crippen LogP contribution in [-0.4, -0.2) is 10.1 Å². The summed E-state index contributed by atoms with van der Waals surface area (Å²) in [5, 5.41) is 11.9. The van der Waals surface area contributed by atoms with Gasteiger partial charge < -0.3 is 5.11 Å². The molecule has 1 aromatic rings. The Morgan fingerprint density at radius 3 is 2.67 bits per heavy atom. The van der Waals surface area contributed by atoms with Crippen LogP contribution in [0.25, 0.3) is 0 Å². The smallest absolute Gasteiger partial charge is 0.0940 e. The molecule has 0 radical (unpaired) electrons. The molecule has 0 aliphatic heterocycles. The number of hydrogen-bond acceptors (Lipinski definition) is 3. The highest BCUT2D eigenvalue weighted by molar-refractivity contribution is 7.09. The second-order valence-corrected chi connectivity index (χ2v) is 3.03. The van der Waals surface area contributed by atoms with E-state index >= 15 is 0 Å². The predicted octanol–water partition coefficient (Wildman–Crippen LogP) is 1.50. The van der Waals surface area contributed by atoms with Crippen molar-refractivity contribution in [2.45, 2.75) is 20.0 Å². The van der Waals surface area contributed by atoms with Crippen molar-refractivity contribution in [3.8, 4) is 0 Å². The molecular formula is C6H9NOS. The number of aromatic nitrogens is 1. The molecule has 0 unspecified atom stereocenters. The van der Waals surface area contributed by atoms with Crippen molar-refractivity contribution in [3.63, 3.8) is 0 Å². The number of rotatable bonds is 1. The Morgan fingerprint density at radius 1 is 1.78 bits per heavy atom. The second kappa shape index (κ2) is 2.45. The van der Waals surface area contributed by atoms with Crippen LogP contribution in [0.1, 0.15) is 23.7 Å². The van der Waals surface area contributed by atoms with Gasteiger partial charge in [0.15, 0.2) is 0 Å². The Kier molecular flexibility index (Phi) is 1.83. The molecule has 0 saturated heterocycles. The molecule has 2 nitrogen and oxygen atoms in total. The van der Waals surface area contributed by atoms with Crippen LogP contribution in [0.4, 0.5) is 0 Å². The minimum atomic E-state index is -0.421. The molecule has 1 heterocycles. The number of aliphatic hydroxyl groups is 1. The Bertz CT molecular complexity index is 195. The summed E-state index contributed by atoms with van der Waals surface area (Å²) in [6.45, 7) is 3.64. The van der Waals surface area contributed by atoms with Crippen LogP contribution in [0, 0.1) is 6.92 Å². The van der Waals surface area contributed by atoms with Gasteiger partial charge in [0.1, 0.15) is 0 Å². The molecule has 50 valence electrons.